The minimum atomic E-state index is -0.620. The van der Waals surface area contributed by atoms with Crippen molar-refractivity contribution in [3.05, 3.63) is 76.9 Å². The number of rotatable bonds is 8. The predicted octanol–water partition coefficient (Wildman–Crippen LogP) is 4.29. The normalized spacial score (nSPS) is 14.7. The van der Waals surface area contributed by atoms with Crippen LogP contribution < -0.4 is 10.2 Å². The molecule has 39 heavy (non-hydrogen) atoms. The van der Waals surface area contributed by atoms with Gasteiger partial charge in [-0.25, -0.2) is 0 Å². The van der Waals surface area contributed by atoms with Crippen molar-refractivity contribution in [3.8, 4) is 11.4 Å². The molecule has 10 heteroatoms. The maximum absolute atomic E-state index is 12.9. The lowest BCUT2D eigenvalue weighted by atomic mass is 9.98. The molecule has 1 aliphatic rings. The van der Waals surface area contributed by atoms with Gasteiger partial charge in [-0.1, -0.05) is 36.4 Å². The maximum Gasteiger partial charge on any atom is 0.321 e. The van der Waals surface area contributed by atoms with Crippen molar-refractivity contribution in [2.45, 2.75) is 52.7 Å². The van der Waals surface area contributed by atoms with Crippen LogP contribution in [0.3, 0.4) is 0 Å². The number of hydrogen-bond acceptors (Lipinski definition) is 9. The molecule has 10 nitrogen and oxygen atoms in total. The van der Waals surface area contributed by atoms with E-state index in [1.165, 1.54) is 6.92 Å². The summed E-state index contributed by atoms with van der Waals surface area (Å²) in [5.41, 5.74) is 6.16. The summed E-state index contributed by atoms with van der Waals surface area (Å²) in [6.45, 7) is 9.10. The van der Waals surface area contributed by atoms with Gasteiger partial charge < -0.3 is 14.3 Å². The van der Waals surface area contributed by atoms with Gasteiger partial charge in [0.1, 0.15) is 23.2 Å². The Kier molecular flexibility index (Phi) is 8.25. The monoisotopic (exact) mass is 531 g/mol. The van der Waals surface area contributed by atoms with Gasteiger partial charge >= 0.3 is 11.9 Å². The summed E-state index contributed by atoms with van der Waals surface area (Å²) < 4.78 is 13.1. The van der Waals surface area contributed by atoms with E-state index in [4.69, 9.17) is 19.3 Å². The largest absolute Gasteiger partial charge is 0.497 e. The molecular weight excluding hydrogens is 498 g/mol. The van der Waals surface area contributed by atoms with Gasteiger partial charge in [0.05, 0.1) is 31.5 Å². The number of ether oxygens (including phenoxy) is 2. The number of carbonyl (C=O) groups excluding carboxylic acids is 2. The third-order valence-electron chi connectivity index (χ3n) is 5.82. The molecule has 1 aliphatic heterocycles. The second kappa shape index (κ2) is 11.6. The molecule has 0 unspecified atom stereocenters. The van der Waals surface area contributed by atoms with Crippen LogP contribution >= 0.6 is 0 Å². The van der Waals surface area contributed by atoms with Crippen LogP contribution in [0.5, 0.6) is 5.75 Å². The van der Waals surface area contributed by atoms with E-state index in [0.29, 0.717) is 29.7 Å². The summed E-state index contributed by atoms with van der Waals surface area (Å²) >= 11 is 0. The van der Waals surface area contributed by atoms with Crippen molar-refractivity contribution in [1.82, 2.24) is 20.2 Å². The standard InChI is InChI=1S/C29H33N5O5/c1-18-32-33-28-24(17-26(36)38-29(3,4)5)31-27(23-16-22(37-6)13-14-25(23)34(18)28)21-11-9-20(10-12-21)8-7-15-30-39-19(2)35/h7-14,16,24,30H,15,17H2,1-6H3/b8-7+/t24-/m0/s1. The SMILES string of the molecule is COc1ccc2c(c1)C(c1ccc(/C=C/CNOC(C)=O)cc1)=N[C@@H](CC(=O)OC(C)(C)C)c1nnc(C)n1-2. The Morgan fingerprint density at radius 1 is 1.10 bits per heavy atom. The molecule has 0 saturated carbocycles. The topological polar surface area (TPSA) is 117 Å². The van der Waals surface area contributed by atoms with Gasteiger partial charge in [-0.2, -0.15) is 0 Å². The van der Waals surface area contributed by atoms with Crippen LogP contribution in [-0.2, 0) is 19.2 Å². The highest BCUT2D eigenvalue weighted by Crippen LogP contribution is 2.34. The number of hydroxylamine groups is 1. The predicted molar refractivity (Wildman–Crippen MR) is 147 cm³/mol. The van der Waals surface area contributed by atoms with Gasteiger partial charge in [0.2, 0.25) is 0 Å². The van der Waals surface area contributed by atoms with Crippen molar-refractivity contribution < 1.29 is 23.9 Å². The molecular formula is C29H33N5O5. The van der Waals surface area contributed by atoms with Gasteiger partial charge in [-0.3, -0.25) is 19.1 Å². The highest BCUT2D eigenvalue weighted by molar-refractivity contribution is 6.15. The first-order chi connectivity index (χ1) is 18.6. The van der Waals surface area contributed by atoms with Crippen LogP contribution in [0.2, 0.25) is 0 Å². The Bertz CT molecular complexity index is 1420. The Morgan fingerprint density at radius 3 is 2.51 bits per heavy atom. The molecule has 0 saturated heterocycles. The number of nitrogens with one attached hydrogen (secondary N) is 1. The Hall–Kier alpha value is -4.31. The average molecular weight is 532 g/mol. The molecule has 0 fully saturated rings. The van der Waals surface area contributed by atoms with E-state index in [2.05, 4.69) is 15.7 Å². The molecule has 3 aromatic rings. The van der Waals surface area contributed by atoms with Crippen molar-refractivity contribution in [3.63, 3.8) is 0 Å². The average Bonchev–Trinajstić information content (AvgIpc) is 3.20. The second-order valence-electron chi connectivity index (χ2n) is 10.1. The Morgan fingerprint density at radius 2 is 1.85 bits per heavy atom. The third-order valence-corrected chi connectivity index (χ3v) is 5.82. The number of fused-ring (bicyclic) bond motifs is 3. The summed E-state index contributed by atoms with van der Waals surface area (Å²) in [7, 11) is 1.62. The first-order valence-electron chi connectivity index (χ1n) is 12.6. The summed E-state index contributed by atoms with van der Waals surface area (Å²) in [5, 5.41) is 8.71. The molecule has 0 bridgehead atoms. The highest BCUT2D eigenvalue weighted by atomic mass is 16.7. The van der Waals surface area contributed by atoms with Crippen molar-refractivity contribution in [2.75, 3.05) is 13.7 Å². The third kappa shape index (κ3) is 6.77. The van der Waals surface area contributed by atoms with Crippen molar-refractivity contribution in [1.29, 1.82) is 0 Å². The van der Waals surface area contributed by atoms with Crippen LogP contribution in [0.15, 0.2) is 53.5 Å². The summed E-state index contributed by atoms with van der Waals surface area (Å²) in [6.07, 6.45) is 3.79. The zero-order valence-electron chi connectivity index (χ0n) is 23.0. The van der Waals surface area contributed by atoms with E-state index in [0.717, 1.165) is 22.4 Å². The number of aryl methyl sites for hydroxylation is 1. The van der Waals surface area contributed by atoms with E-state index in [1.54, 1.807) is 7.11 Å². The van der Waals surface area contributed by atoms with E-state index in [-0.39, 0.29) is 12.4 Å². The fourth-order valence-corrected chi connectivity index (χ4v) is 4.25. The summed E-state index contributed by atoms with van der Waals surface area (Å²) in [5.74, 6) is 1.17. The van der Waals surface area contributed by atoms with Crippen LogP contribution in [0.4, 0.5) is 0 Å². The quantitative estimate of drug-likeness (QED) is 0.260. The molecule has 0 radical (unpaired) electrons. The van der Waals surface area contributed by atoms with E-state index < -0.39 is 17.6 Å². The lowest BCUT2D eigenvalue weighted by molar-refractivity contribution is -0.155. The minimum Gasteiger partial charge on any atom is -0.497 e. The molecule has 1 aromatic heterocycles. The molecule has 4 rings (SSSR count). The zero-order valence-corrected chi connectivity index (χ0v) is 23.0. The number of carbonyl (C=O) groups is 2. The summed E-state index contributed by atoms with van der Waals surface area (Å²) in [6, 6.07) is 13.1. The fourth-order valence-electron chi connectivity index (χ4n) is 4.25. The lowest BCUT2D eigenvalue weighted by Gasteiger charge is -2.20. The number of benzene rings is 2. The number of aromatic nitrogens is 3. The molecule has 1 atom stereocenters. The van der Waals surface area contributed by atoms with Crippen molar-refractivity contribution in [2.24, 2.45) is 4.99 Å². The maximum atomic E-state index is 12.9. The van der Waals surface area contributed by atoms with Gasteiger partial charge in [0.15, 0.2) is 5.82 Å². The Labute approximate surface area is 227 Å². The smallest absolute Gasteiger partial charge is 0.321 e. The Balaban J connectivity index is 1.74. The molecule has 2 heterocycles. The highest BCUT2D eigenvalue weighted by Gasteiger charge is 2.31. The van der Waals surface area contributed by atoms with E-state index in [9.17, 15) is 9.59 Å². The number of methoxy groups -OCH3 is 1. The molecule has 0 amide bonds. The second-order valence-corrected chi connectivity index (χ2v) is 10.1. The molecule has 2 aromatic carbocycles. The number of aliphatic imine (C=N–C) groups is 1. The molecule has 0 spiro atoms. The minimum absolute atomic E-state index is 0.0141. The number of hydrogen-bond donors (Lipinski definition) is 1. The van der Waals surface area contributed by atoms with Gasteiger partial charge in [-0.15, -0.1) is 15.7 Å². The van der Waals surface area contributed by atoms with Crippen molar-refractivity contribution >= 4 is 23.7 Å². The number of esters is 1. The molecule has 0 aliphatic carbocycles. The van der Waals surface area contributed by atoms with Crippen LogP contribution in [-0.4, -0.2) is 51.7 Å². The van der Waals surface area contributed by atoms with Crippen LogP contribution in [0, 0.1) is 6.92 Å². The van der Waals surface area contributed by atoms with E-state index >= 15 is 0 Å². The zero-order chi connectivity index (χ0) is 28.2. The van der Waals surface area contributed by atoms with Crippen LogP contribution in [0.1, 0.15) is 68.5 Å². The molecule has 204 valence electrons. The number of nitrogens with zero attached hydrogens (tertiary/aromatic N) is 4. The first-order valence-corrected chi connectivity index (χ1v) is 12.6. The van der Waals surface area contributed by atoms with Gasteiger partial charge in [0.25, 0.3) is 0 Å². The van der Waals surface area contributed by atoms with Gasteiger partial charge in [0, 0.05) is 18.1 Å². The lowest BCUT2D eigenvalue weighted by Crippen LogP contribution is -2.25. The molecule has 1 N–H and O–H groups in total. The van der Waals surface area contributed by atoms with Crippen LogP contribution in [0.25, 0.3) is 11.8 Å². The summed E-state index contributed by atoms with van der Waals surface area (Å²) in [4.78, 5) is 33.6. The van der Waals surface area contributed by atoms with E-state index in [1.807, 2.05) is 86.9 Å². The van der Waals surface area contributed by atoms with Gasteiger partial charge in [-0.05, 0) is 51.5 Å². The first kappa shape index (κ1) is 27.7. The fraction of sp³-hybridized carbons (Fsp3) is 0.345.